The molecular weight excluding hydrogens is 200 g/mol. The molecule has 71 valence electrons. The largest absolute Gasteiger partial charge is 0.134 e. The van der Waals surface area contributed by atoms with E-state index in [0.717, 1.165) is 0 Å². The van der Waals surface area contributed by atoms with E-state index in [1.165, 1.54) is 21.2 Å². The highest BCUT2D eigenvalue weighted by atomic mass is 32.1. The van der Waals surface area contributed by atoms with Gasteiger partial charge in [0.2, 0.25) is 0 Å². The molecule has 0 spiro atoms. The van der Waals surface area contributed by atoms with Gasteiger partial charge in [-0.1, -0.05) is 36.4 Å². The number of hydrogen-bond donors (Lipinski definition) is 0. The van der Waals surface area contributed by atoms with Crippen LogP contribution in [0.1, 0.15) is 0 Å². The zero-order valence-electron chi connectivity index (χ0n) is 8.10. The van der Waals surface area contributed by atoms with Crippen molar-refractivity contribution in [2.24, 2.45) is 0 Å². The number of thiophene rings is 1. The molecule has 0 saturated carbocycles. The first-order chi connectivity index (χ1) is 7.43. The van der Waals surface area contributed by atoms with Gasteiger partial charge in [0.05, 0.1) is 0 Å². The van der Waals surface area contributed by atoms with Crippen molar-refractivity contribution in [2.45, 2.75) is 0 Å². The zero-order chi connectivity index (χ0) is 10.1. The van der Waals surface area contributed by atoms with Crippen molar-refractivity contribution in [2.75, 3.05) is 0 Å². The fraction of sp³-hybridized carbons (Fsp3) is 0. The minimum Gasteiger partial charge on any atom is -0.134 e. The third kappa shape index (κ3) is 1.55. The summed E-state index contributed by atoms with van der Waals surface area (Å²) in [5, 5.41) is 4.44. The Morgan fingerprint density at radius 3 is 2.60 bits per heavy atom. The van der Waals surface area contributed by atoms with Crippen LogP contribution in [0.4, 0.5) is 0 Å². The summed E-state index contributed by atoms with van der Waals surface area (Å²) >= 11 is 1.67. The lowest BCUT2D eigenvalue weighted by Crippen LogP contribution is -1.75. The second-order valence-corrected chi connectivity index (χ2v) is 4.36. The van der Waals surface area contributed by atoms with Gasteiger partial charge in [-0.05, 0) is 34.7 Å². The van der Waals surface area contributed by atoms with Crippen molar-refractivity contribution in [1.82, 2.24) is 0 Å². The average molecular weight is 209 g/mol. The minimum absolute atomic E-state index is 1.27. The molecule has 0 aliphatic rings. The first-order valence-corrected chi connectivity index (χ1v) is 5.70. The molecule has 1 radical (unpaired) electrons. The van der Waals surface area contributed by atoms with Gasteiger partial charge in [-0.3, -0.25) is 0 Å². The lowest BCUT2D eigenvalue weighted by Gasteiger charge is -2.00. The lowest BCUT2D eigenvalue weighted by molar-refractivity contribution is 1.66. The molecule has 0 saturated heterocycles. The predicted molar refractivity (Wildman–Crippen MR) is 66.1 cm³/mol. The van der Waals surface area contributed by atoms with Gasteiger partial charge in [0.15, 0.2) is 0 Å². The van der Waals surface area contributed by atoms with Crippen LogP contribution in [0.3, 0.4) is 0 Å². The molecule has 2 aromatic carbocycles. The maximum absolute atomic E-state index is 3.16. The van der Waals surface area contributed by atoms with E-state index in [4.69, 9.17) is 0 Å². The van der Waals surface area contributed by atoms with E-state index in [9.17, 15) is 0 Å². The molecule has 3 rings (SSSR count). The molecule has 3 aromatic rings. The quantitative estimate of drug-likeness (QED) is 0.558. The Hall–Kier alpha value is -1.60. The molecule has 0 atom stereocenters. The molecule has 15 heavy (non-hydrogen) atoms. The Balaban J connectivity index is 2.19. The molecule has 0 amide bonds. The molecule has 1 aromatic heterocycles. The second kappa shape index (κ2) is 3.52. The fourth-order valence-corrected chi connectivity index (χ4v) is 2.41. The Kier molecular flexibility index (Phi) is 2.04. The van der Waals surface area contributed by atoms with Crippen LogP contribution in [-0.4, -0.2) is 0 Å². The normalized spacial score (nSPS) is 10.7. The standard InChI is InChI=1S/C14H9S/c1-2-4-11(5-3-1)12-6-7-14-13(10-12)8-9-15-14/h1-8,10H. The van der Waals surface area contributed by atoms with Gasteiger partial charge in [0.25, 0.3) is 0 Å². The molecule has 0 aliphatic heterocycles. The summed E-state index contributed by atoms with van der Waals surface area (Å²) in [7, 11) is 0. The van der Waals surface area contributed by atoms with Gasteiger partial charge in [-0.15, -0.1) is 11.3 Å². The molecule has 0 fully saturated rings. The summed E-state index contributed by atoms with van der Waals surface area (Å²) in [5.74, 6) is 0. The maximum atomic E-state index is 3.16. The van der Waals surface area contributed by atoms with E-state index < -0.39 is 0 Å². The SMILES string of the molecule is [c]1cc2cc(-c3ccccc3)ccc2s1. The number of benzene rings is 2. The third-order valence-electron chi connectivity index (χ3n) is 2.50. The van der Waals surface area contributed by atoms with Crippen LogP contribution in [0.2, 0.25) is 0 Å². The highest BCUT2D eigenvalue weighted by molar-refractivity contribution is 7.16. The van der Waals surface area contributed by atoms with E-state index in [-0.39, 0.29) is 0 Å². The summed E-state index contributed by atoms with van der Waals surface area (Å²) in [5.41, 5.74) is 2.54. The molecule has 0 nitrogen and oxygen atoms in total. The van der Waals surface area contributed by atoms with Crippen molar-refractivity contribution in [3.8, 4) is 11.1 Å². The van der Waals surface area contributed by atoms with Gasteiger partial charge in [0, 0.05) is 10.1 Å². The Labute approximate surface area is 92.8 Å². The van der Waals surface area contributed by atoms with Gasteiger partial charge >= 0.3 is 0 Å². The average Bonchev–Trinajstić information content (AvgIpc) is 2.77. The topological polar surface area (TPSA) is 0 Å². The van der Waals surface area contributed by atoms with Crippen molar-refractivity contribution in [3.63, 3.8) is 0 Å². The van der Waals surface area contributed by atoms with Crippen LogP contribution >= 0.6 is 11.3 Å². The Bertz CT molecular complexity index is 578. The van der Waals surface area contributed by atoms with Crippen LogP contribution < -0.4 is 0 Å². The summed E-state index contributed by atoms with van der Waals surface area (Å²) < 4.78 is 1.30. The van der Waals surface area contributed by atoms with Gasteiger partial charge in [-0.2, -0.15) is 0 Å². The lowest BCUT2D eigenvalue weighted by atomic mass is 10.0. The van der Waals surface area contributed by atoms with E-state index >= 15 is 0 Å². The van der Waals surface area contributed by atoms with Crippen molar-refractivity contribution < 1.29 is 0 Å². The van der Waals surface area contributed by atoms with Gasteiger partial charge < -0.3 is 0 Å². The van der Waals surface area contributed by atoms with Crippen molar-refractivity contribution in [1.29, 1.82) is 0 Å². The van der Waals surface area contributed by atoms with Gasteiger partial charge in [-0.25, -0.2) is 0 Å². The molecule has 1 heterocycles. The number of rotatable bonds is 1. The molecular formula is C14H9S. The van der Waals surface area contributed by atoms with Crippen molar-refractivity contribution >= 4 is 21.4 Å². The van der Waals surface area contributed by atoms with Crippen molar-refractivity contribution in [3.05, 3.63) is 60.0 Å². The first kappa shape index (κ1) is 8.69. The summed E-state index contributed by atoms with van der Waals surface area (Å²) in [6.45, 7) is 0. The molecule has 0 bridgehead atoms. The van der Waals surface area contributed by atoms with E-state index in [1.807, 2.05) is 12.1 Å². The van der Waals surface area contributed by atoms with Crippen LogP contribution in [0.5, 0.6) is 0 Å². The predicted octanol–water partition coefficient (Wildman–Crippen LogP) is 4.37. The van der Waals surface area contributed by atoms with Crippen LogP contribution in [0.25, 0.3) is 21.2 Å². The van der Waals surface area contributed by atoms with Crippen LogP contribution in [0.15, 0.2) is 54.6 Å². The summed E-state index contributed by atoms with van der Waals surface area (Å²) in [6.07, 6.45) is 0. The van der Waals surface area contributed by atoms with E-state index in [2.05, 4.69) is 47.8 Å². The first-order valence-electron chi connectivity index (χ1n) is 4.88. The zero-order valence-corrected chi connectivity index (χ0v) is 8.92. The molecule has 0 unspecified atom stereocenters. The summed E-state index contributed by atoms with van der Waals surface area (Å²) in [4.78, 5) is 0. The monoisotopic (exact) mass is 209 g/mol. The van der Waals surface area contributed by atoms with E-state index in [0.29, 0.717) is 0 Å². The Morgan fingerprint density at radius 1 is 0.867 bits per heavy atom. The second-order valence-electron chi connectivity index (χ2n) is 3.48. The maximum Gasteiger partial charge on any atom is 0.0455 e. The van der Waals surface area contributed by atoms with Gasteiger partial charge in [0.1, 0.15) is 0 Å². The smallest absolute Gasteiger partial charge is 0.0455 e. The third-order valence-corrected chi connectivity index (χ3v) is 3.33. The highest BCUT2D eigenvalue weighted by Gasteiger charge is 1.99. The minimum atomic E-state index is 1.27. The highest BCUT2D eigenvalue weighted by Crippen LogP contribution is 2.26. The van der Waals surface area contributed by atoms with Crippen LogP contribution in [-0.2, 0) is 0 Å². The molecule has 0 N–H and O–H groups in total. The molecule has 1 heteroatoms. The fourth-order valence-electron chi connectivity index (χ4n) is 1.72. The van der Waals surface area contributed by atoms with E-state index in [1.54, 1.807) is 11.3 Å². The molecule has 0 aliphatic carbocycles. The number of fused-ring (bicyclic) bond motifs is 1. The summed E-state index contributed by atoms with van der Waals surface area (Å²) in [6, 6.07) is 19.1. The Morgan fingerprint density at radius 2 is 1.73 bits per heavy atom. The number of hydrogen-bond acceptors (Lipinski definition) is 1. The van der Waals surface area contributed by atoms with Crippen LogP contribution in [0, 0.1) is 5.38 Å².